The number of hydrogen-bond donors (Lipinski definition) is 1. The summed E-state index contributed by atoms with van der Waals surface area (Å²) in [7, 11) is 0. The van der Waals surface area contributed by atoms with E-state index in [1.165, 1.54) is 6.33 Å². The molecular formula is C14H20N6O. The number of hydrogen-bond acceptors (Lipinski definition) is 4. The monoisotopic (exact) mass is 288 g/mol. The van der Waals surface area contributed by atoms with Gasteiger partial charge in [-0.3, -0.25) is 9.89 Å². The minimum Gasteiger partial charge on any atom is -0.335 e. The Morgan fingerprint density at radius 3 is 3.00 bits per heavy atom. The van der Waals surface area contributed by atoms with Gasteiger partial charge >= 0.3 is 0 Å². The van der Waals surface area contributed by atoms with Gasteiger partial charge in [-0.15, -0.1) is 0 Å². The molecule has 1 aliphatic rings. The van der Waals surface area contributed by atoms with Gasteiger partial charge in [0.05, 0.1) is 6.04 Å². The van der Waals surface area contributed by atoms with E-state index in [9.17, 15) is 4.79 Å². The van der Waals surface area contributed by atoms with E-state index < -0.39 is 0 Å². The standard InChI is InChI=1S/C14H20N6O/c1-10(2)12-6-13(18-17-12)14(21)19-5-3-4-11(7-19)20-9-15-8-16-20/h6,8-11H,3-5,7H2,1-2H3,(H,17,18). The number of carbonyl (C=O) groups is 1. The highest BCUT2D eigenvalue weighted by Crippen LogP contribution is 2.22. The van der Waals surface area contributed by atoms with Gasteiger partial charge in [-0.2, -0.15) is 10.2 Å². The number of likely N-dealkylation sites (tertiary alicyclic amines) is 1. The third-order valence-corrected chi connectivity index (χ3v) is 3.93. The summed E-state index contributed by atoms with van der Waals surface area (Å²) in [5, 5.41) is 11.3. The highest BCUT2D eigenvalue weighted by Gasteiger charge is 2.27. The summed E-state index contributed by atoms with van der Waals surface area (Å²) in [5.41, 5.74) is 1.49. The van der Waals surface area contributed by atoms with Crippen LogP contribution in [-0.2, 0) is 0 Å². The molecule has 2 aromatic heterocycles. The zero-order valence-electron chi connectivity index (χ0n) is 12.4. The second kappa shape index (κ2) is 5.67. The van der Waals surface area contributed by atoms with Crippen LogP contribution >= 0.6 is 0 Å². The van der Waals surface area contributed by atoms with Crippen molar-refractivity contribution in [2.75, 3.05) is 13.1 Å². The molecule has 7 nitrogen and oxygen atoms in total. The van der Waals surface area contributed by atoms with Crippen LogP contribution in [-0.4, -0.2) is 48.9 Å². The van der Waals surface area contributed by atoms with Gasteiger partial charge in [0, 0.05) is 18.8 Å². The lowest BCUT2D eigenvalue weighted by Crippen LogP contribution is -2.41. The van der Waals surface area contributed by atoms with Crippen LogP contribution in [0.3, 0.4) is 0 Å². The fourth-order valence-corrected chi connectivity index (χ4v) is 2.67. The van der Waals surface area contributed by atoms with E-state index in [0.717, 1.165) is 25.1 Å². The van der Waals surface area contributed by atoms with Crippen molar-refractivity contribution in [1.29, 1.82) is 0 Å². The first kappa shape index (κ1) is 13.8. The second-order valence-corrected chi connectivity index (χ2v) is 5.79. The Bertz CT molecular complexity index is 603. The molecule has 0 aromatic carbocycles. The lowest BCUT2D eigenvalue weighted by atomic mass is 10.1. The first-order valence-electron chi connectivity index (χ1n) is 7.34. The maximum absolute atomic E-state index is 12.5. The Labute approximate surface area is 123 Å². The van der Waals surface area contributed by atoms with Gasteiger partial charge in [-0.05, 0) is 24.8 Å². The molecule has 0 spiro atoms. The van der Waals surface area contributed by atoms with Crippen molar-refractivity contribution >= 4 is 5.91 Å². The molecule has 0 radical (unpaired) electrons. The number of nitrogens with one attached hydrogen (secondary N) is 1. The van der Waals surface area contributed by atoms with Crippen LogP contribution in [0.5, 0.6) is 0 Å². The van der Waals surface area contributed by atoms with E-state index in [2.05, 4.69) is 34.1 Å². The molecule has 2 aromatic rings. The Kier molecular flexibility index (Phi) is 3.72. The van der Waals surface area contributed by atoms with Crippen molar-refractivity contribution in [2.45, 2.75) is 38.6 Å². The zero-order valence-corrected chi connectivity index (χ0v) is 12.4. The van der Waals surface area contributed by atoms with Crippen LogP contribution in [0.2, 0.25) is 0 Å². The van der Waals surface area contributed by atoms with Crippen LogP contribution < -0.4 is 0 Å². The maximum atomic E-state index is 12.5. The minimum atomic E-state index is -0.0111. The van der Waals surface area contributed by atoms with E-state index in [1.54, 1.807) is 6.33 Å². The molecule has 0 saturated carbocycles. The predicted molar refractivity (Wildman–Crippen MR) is 76.9 cm³/mol. The Hall–Kier alpha value is -2.18. The number of rotatable bonds is 3. The lowest BCUT2D eigenvalue weighted by Gasteiger charge is -2.32. The molecule has 3 heterocycles. The SMILES string of the molecule is CC(C)c1cc(C(=O)N2CCCC(n3cncn3)C2)n[nH]1. The van der Waals surface area contributed by atoms with E-state index in [-0.39, 0.29) is 11.9 Å². The van der Waals surface area contributed by atoms with Crippen LogP contribution in [0.4, 0.5) is 0 Å². The number of aromatic amines is 1. The first-order valence-corrected chi connectivity index (χ1v) is 7.34. The normalized spacial score (nSPS) is 19.2. The largest absolute Gasteiger partial charge is 0.335 e. The highest BCUT2D eigenvalue weighted by molar-refractivity contribution is 5.92. The summed E-state index contributed by atoms with van der Waals surface area (Å²) < 4.78 is 1.84. The summed E-state index contributed by atoms with van der Waals surface area (Å²) in [6, 6.07) is 2.06. The van der Waals surface area contributed by atoms with Gasteiger partial charge in [0.2, 0.25) is 0 Å². The Morgan fingerprint density at radius 2 is 2.33 bits per heavy atom. The van der Waals surface area contributed by atoms with E-state index in [0.29, 0.717) is 18.2 Å². The molecule has 7 heteroatoms. The molecule has 1 atom stereocenters. The average Bonchev–Trinajstić information content (AvgIpc) is 3.18. The second-order valence-electron chi connectivity index (χ2n) is 5.79. The van der Waals surface area contributed by atoms with E-state index in [1.807, 2.05) is 15.6 Å². The van der Waals surface area contributed by atoms with Crippen molar-refractivity contribution in [3.05, 3.63) is 30.1 Å². The van der Waals surface area contributed by atoms with Crippen molar-refractivity contribution in [3.63, 3.8) is 0 Å². The quantitative estimate of drug-likeness (QED) is 0.930. The van der Waals surface area contributed by atoms with Gasteiger partial charge in [0.1, 0.15) is 18.3 Å². The summed E-state index contributed by atoms with van der Waals surface area (Å²) in [5.74, 6) is 0.325. The first-order chi connectivity index (χ1) is 10.1. The number of aromatic nitrogens is 5. The average molecular weight is 288 g/mol. The topological polar surface area (TPSA) is 79.7 Å². The highest BCUT2D eigenvalue weighted by atomic mass is 16.2. The number of amides is 1. The predicted octanol–water partition coefficient (Wildman–Crippen LogP) is 1.60. The summed E-state index contributed by atoms with van der Waals surface area (Å²) in [6.45, 7) is 5.58. The third-order valence-electron chi connectivity index (χ3n) is 3.93. The van der Waals surface area contributed by atoms with Crippen LogP contribution in [0.1, 0.15) is 54.8 Å². The van der Waals surface area contributed by atoms with Crippen molar-refractivity contribution in [1.82, 2.24) is 29.9 Å². The molecule has 1 aliphatic heterocycles. The summed E-state index contributed by atoms with van der Waals surface area (Å²) in [6.07, 6.45) is 5.23. The minimum absolute atomic E-state index is 0.0111. The number of piperidine rings is 1. The molecule has 1 fully saturated rings. The molecule has 1 saturated heterocycles. The van der Waals surface area contributed by atoms with Crippen LogP contribution in [0, 0.1) is 0 Å². The molecule has 1 N–H and O–H groups in total. The molecule has 0 bridgehead atoms. The van der Waals surface area contributed by atoms with Gasteiger partial charge in [0.15, 0.2) is 0 Å². The van der Waals surface area contributed by atoms with E-state index >= 15 is 0 Å². The number of carbonyl (C=O) groups excluding carboxylic acids is 1. The summed E-state index contributed by atoms with van der Waals surface area (Å²) >= 11 is 0. The third kappa shape index (κ3) is 2.81. The van der Waals surface area contributed by atoms with Gasteiger partial charge < -0.3 is 4.90 Å². The van der Waals surface area contributed by atoms with Crippen LogP contribution in [0.25, 0.3) is 0 Å². The van der Waals surface area contributed by atoms with E-state index in [4.69, 9.17) is 0 Å². The maximum Gasteiger partial charge on any atom is 0.274 e. The molecule has 112 valence electrons. The Morgan fingerprint density at radius 1 is 1.48 bits per heavy atom. The fraction of sp³-hybridized carbons (Fsp3) is 0.571. The van der Waals surface area contributed by atoms with Gasteiger partial charge in [-0.1, -0.05) is 13.8 Å². The van der Waals surface area contributed by atoms with Gasteiger partial charge in [0.25, 0.3) is 5.91 Å². The molecule has 1 unspecified atom stereocenters. The van der Waals surface area contributed by atoms with Crippen molar-refractivity contribution in [3.8, 4) is 0 Å². The fourth-order valence-electron chi connectivity index (χ4n) is 2.67. The Balaban J connectivity index is 1.71. The molecule has 1 amide bonds. The summed E-state index contributed by atoms with van der Waals surface area (Å²) in [4.78, 5) is 18.4. The zero-order chi connectivity index (χ0) is 14.8. The molecular weight excluding hydrogens is 268 g/mol. The number of nitrogens with zero attached hydrogens (tertiary/aromatic N) is 5. The lowest BCUT2D eigenvalue weighted by molar-refractivity contribution is 0.0666. The smallest absolute Gasteiger partial charge is 0.274 e. The van der Waals surface area contributed by atoms with Crippen molar-refractivity contribution in [2.24, 2.45) is 0 Å². The molecule has 3 rings (SSSR count). The van der Waals surface area contributed by atoms with Crippen molar-refractivity contribution < 1.29 is 4.79 Å². The molecule has 0 aliphatic carbocycles. The van der Waals surface area contributed by atoms with Crippen LogP contribution in [0.15, 0.2) is 18.7 Å². The number of H-pyrrole nitrogens is 1. The van der Waals surface area contributed by atoms with Gasteiger partial charge in [-0.25, -0.2) is 9.67 Å². The molecule has 21 heavy (non-hydrogen) atoms.